The van der Waals surface area contributed by atoms with Gasteiger partial charge in [0.25, 0.3) is 5.91 Å². The molecule has 0 aromatic heterocycles. The number of benzene rings is 1. The van der Waals surface area contributed by atoms with E-state index in [0.717, 1.165) is 17.7 Å². The van der Waals surface area contributed by atoms with Crippen molar-refractivity contribution >= 4 is 5.91 Å². The van der Waals surface area contributed by atoms with Crippen LogP contribution in [0.1, 0.15) is 27.9 Å². The number of carbonyl (C=O) groups excluding carboxylic acids is 1. The molecule has 0 bridgehead atoms. The smallest absolute Gasteiger partial charge is 0.253 e. The third-order valence-electron chi connectivity index (χ3n) is 3.57. The number of β-amino-alcohol motifs (C(OH)–C–C–N with tert-alkyl or cyclic N) is 1. The molecule has 4 nitrogen and oxygen atoms in total. The SMILES string of the molecule is Cc1cc(C)cc(C(=O)N(C)CC2(O)CCNC2)c1. The number of aliphatic hydroxyl groups is 1. The maximum atomic E-state index is 12.4. The van der Waals surface area contributed by atoms with E-state index in [2.05, 4.69) is 5.32 Å². The maximum absolute atomic E-state index is 12.4. The second-order valence-corrected chi connectivity index (χ2v) is 5.69. The molecule has 1 fully saturated rings. The fraction of sp³-hybridized carbons (Fsp3) is 0.533. The lowest BCUT2D eigenvalue weighted by Crippen LogP contribution is -2.45. The van der Waals surface area contributed by atoms with Crippen LogP contribution in [0, 0.1) is 13.8 Å². The Morgan fingerprint density at radius 1 is 1.37 bits per heavy atom. The summed E-state index contributed by atoms with van der Waals surface area (Å²) in [5.74, 6) is -0.0351. The molecule has 1 atom stereocenters. The Morgan fingerprint density at radius 3 is 2.53 bits per heavy atom. The minimum absolute atomic E-state index is 0.0351. The van der Waals surface area contributed by atoms with Gasteiger partial charge in [-0.15, -0.1) is 0 Å². The third kappa shape index (κ3) is 3.33. The molecular weight excluding hydrogens is 240 g/mol. The van der Waals surface area contributed by atoms with Gasteiger partial charge in [0.2, 0.25) is 0 Å². The monoisotopic (exact) mass is 262 g/mol. The summed E-state index contributed by atoms with van der Waals surface area (Å²) < 4.78 is 0. The third-order valence-corrected chi connectivity index (χ3v) is 3.57. The maximum Gasteiger partial charge on any atom is 0.253 e. The summed E-state index contributed by atoms with van der Waals surface area (Å²) in [6.07, 6.45) is 0.692. The Balaban J connectivity index is 2.10. The van der Waals surface area contributed by atoms with Gasteiger partial charge in [-0.05, 0) is 38.9 Å². The molecule has 1 heterocycles. The molecule has 1 amide bonds. The molecular formula is C15H22N2O2. The topological polar surface area (TPSA) is 52.6 Å². The summed E-state index contributed by atoms with van der Waals surface area (Å²) in [5, 5.41) is 13.4. The van der Waals surface area contributed by atoms with Gasteiger partial charge < -0.3 is 15.3 Å². The molecule has 1 aromatic carbocycles. The Kier molecular flexibility index (Phi) is 3.92. The number of nitrogens with zero attached hydrogens (tertiary/aromatic N) is 1. The first-order chi connectivity index (χ1) is 8.89. The van der Waals surface area contributed by atoms with E-state index in [4.69, 9.17) is 0 Å². The first-order valence-corrected chi connectivity index (χ1v) is 6.66. The van der Waals surface area contributed by atoms with Crippen LogP contribution in [-0.4, -0.2) is 48.2 Å². The van der Waals surface area contributed by atoms with Gasteiger partial charge in [-0.1, -0.05) is 17.2 Å². The summed E-state index contributed by atoms with van der Waals surface area (Å²) in [7, 11) is 1.75. The Morgan fingerprint density at radius 2 is 2.00 bits per heavy atom. The second kappa shape index (κ2) is 5.31. The number of amides is 1. The zero-order chi connectivity index (χ0) is 14.0. The minimum Gasteiger partial charge on any atom is -0.387 e. The predicted octanol–water partition coefficient (Wildman–Crippen LogP) is 1.10. The fourth-order valence-electron chi connectivity index (χ4n) is 2.70. The van der Waals surface area contributed by atoms with Crippen molar-refractivity contribution in [3.63, 3.8) is 0 Å². The molecule has 2 N–H and O–H groups in total. The molecule has 104 valence electrons. The zero-order valence-corrected chi connectivity index (χ0v) is 11.9. The van der Waals surface area contributed by atoms with Gasteiger partial charge in [0.05, 0.1) is 12.1 Å². The number of nitrogens with one attached hydrogen (secondary N) is 1. The summed E-state index contributed by atoms with van der Waals surface area (Å²) in [5.41, 5.74) is 2.06. The predicted molar refractivity (Wildman–Crippen MR) is 75.3 cm³/mol. The lowest BCUT2D eigenvalue weighted by molar-refractivity contribution is 0.0252. The van der Waals surface area contributed by atoms with Crippen LogP contribution in [0.2, 0.25) is 0 Å². The van der Waals surface area contributed by atoms with Crippen molar-refractivity contribution in [1.29, 1.82) is 0 Å². The van der Waals surface area contributed by atoms with Crippen LogP contribution < -0.4 is 5.32 Å². The molecule has 2 rings (SSSR count). The van der Waals surface area contributed by atoms with Gasteiger partial charge in [-0.2, -0.15) is 0 Å². The summed E-state index contributed by atoms with van der Waals surface area (Å²) in [6.45, 7) is 5.70. The van der Waals surface area contributed by atoms with E-state index in [1.807, 2.05) is 32.0 Å². The van der Waals surface area contributed by atoms with Crippen molar-refractivity contribution < 1.29 is 9.90 Å². The van der Waals surface area contributed by atoms with Gasteiger partial charge in [0, 0.05) is 19.2 Å². The van der Waals surface area contributed by atoms with E-state index in [0.29, 0.717) is 25.1 Å². The summed E-state index contributed by atoms with van der Waals surface area (Å²) in [6, 6.07) is 5.83. The molecule has 19 heavy (non-hydrogen) atoms. The number of rotatable bonds is 3. The molecule has 0 radical (unpaired) electrons. The van der Waals surface area contributed by atoms with Crippen LogP contribution in [-0.2, 0) is 0 Å². The number of likely N-dealkylation sites (N-methyl/N-ethyl adjacent to an activating group) is 1. The Bertz CT molecular complexity index is 459. The van der Waals surface area contributed by atoms with Crippen LogP contribution in [0.15, 0.2) is 18.2 Å². The lowest BCUT2D eigenvalue weighted by Gasteiger charge is -2.28. The highest BCUT2D eigenvalue weighted by Crippen LogP contribution is 2.17. The van der Waals surface area contributed by atoms with Crippen LogP contribution >= 0.6 is 0 Å². The van der Waals surface area contributed by atoms with Gasteiger partial charge in [-0.25, -0.2) is 0 Å². The van der Waals surface area contributed by atoms with E-state index in [9.17, 15) is 9.90 Å². The van der Waals surface area contributed by atoms with Crippen molar-refractivity contribution in [2.75, 3.05) is 26.7 Å². The van der Waals surface area contributed by atoms with E-state index in [1.165, 1.54) is 0 Å². The van der Waals surface area contributed by atoms with Crippen molar-refractivity contribution in [1.82, 2.24) is 10.2 Å². The normalized spacial score (nSPS) is 22.5. The van der Waals surface area contributed by atoms with Gasteiger partial charge >= 0.3 is 0 Å². The molecule has 0 spiro atoms. The van der Waals surface area contributed by atoms with E-state index < -0.39 is 5.60 Å². The van der Waals surface area contributed by atoms with Crippen molar-refractivity contribution in [3.8, 4) is 0 Å². The van der Waals surface area contributed by atoms with E-state index in [1.54, 1.807) is 11.9 Å². The summed E-state index contributed by atoms with van der Waals surface area (Å²) >= 11 is 0. The van der Waals surface area contributed by atoms with Gasteiger partial charge in [-0.3, -0.25) is 4.79 Å². The first-order valence-electron chi connectivity index (χ1n) is 6.66. The highest BCUT2D eigenvalue weighted by Gasteiger charge is 2.33. The molecule has 0 aliphatic carbocycles. The highest BCUT2D eigenvalue weighted by molar-refractivity contribution is 5.94. The first kappa shape index (κ1) is 14.0. The van der Waals surface area contributed by atoms with Gasteiger partial charge in [0.15, 0.2) is 0 Å². The Labute approximate surface area is 114 Å². The molecule has 1 aliphatic rings. The lowest BCUT2D eigenvalue weighted by atomic mass is 10.0. The van der Waals surface area contributed by atoms with Crippen LogP contribution in [0.5, 0.6) is 0 Å². The standard InChI is InChI=1S/C15H22N2O2/c1-11-6-12(2)8-13(7-11)14(18)17(3)10-15(19)4-5-16-9-15/h6-8,16,19H,4-5,9-10H2,1-3H3. The molecule has 0 saturated carbocycles. The second-order valence-electron chi connectivity index (χ2n) is 5.69. The average molecular weight is 262 g/mol. The van der Waals surface area contributed by atoms with Crippen LogP contribution in [0.3, 0.4) is 0 Å². The average Bonchev–Trinajstić information content (AvgIpc) is 2.73. The fourth-order valence-corrected chi connectivity index (χ4v) is 2.70. The summed E-state index contributed by atoms with van der Waals surface area (Å²) in [4.78, 5) is 14.0. The number of hydrogen-bond donors (Lipinski definition) is 2. The number of carbonyl (C=O) groups is 1. The zero-order valence-electron chi connectivity index (χ0n) is 11.9. The minimum atomic E-state index is -0.788. The molecule has 4 heteroatoms. The molecule has 1 aromatic rings. The van der Waals surface area contributed by atoms with E-state index >= 15 is 0 Å². The van der Waals surface area contributed by atoms with Crippen LogP contribution in [0.4, 0.5) is 0 Å². The van der Waals surface area contributed by atoms with E-state index in [-0.39, 0.29) is 5.91 Å². The quantitative estimate of drug-likeness (QED) is 0.857. The van der Waals surface area contributed by atoms with Crippen molar-refractivity contribution in [2.45, 2.75) is 25.9 Å². The Hall–Kier alpha value is -1.39. The molecule has 1 aliphatic heterocycles. The number of hydrogen-bond acceptors (Lipinski definition) is 3. The molecule has 1 unspecified atom stereocenters. The molecule has 1 saturated heterocycles. The van der Waals surface area contributed by atoms with Gasteiger partial charge in [0.1, 0.15) is 0 Å². The van der Waals surface area contributed by atoms with Crippen LogP contribution in [0.25, 0.3) is 0 Å². The van der Waals surface area contributed by atoms with Crippen molar-refractivity contribution in [2.24, 2.45) is 0 Å². The van der Waals surface area contributed by atoms with Crippen molar-refractivity contribution in [3.05, 3.63) is 34.9 Å². The largest absolute Gasteiger partial charge is 0.387 e. The number of aryl methyl sites for hydroxylation is 2. The highest BCUT2D eigenvalue weighted by atomic mass is 16.3.